The molecule has 2 aromatic carbocycles. The first-order chi connectivity index (χ1) is 17.8. The number of amides is 2. The second-order valence-corrected chi connectivity index (χ2v) is 10.3. The number of fused-ring (bicyclic) bond motifs is 2. The van der Waals surface area contributed by atoms with Gasteiger partial charge in [0.1, 0.15) is 5.75 Å². The van der Waals surface area contributed by atoms with Crippen molar-refractivity contribution >= 4 is 40.1 Å². The number of ketones is 1. The van der Waals surface area contributed by atoms with Crippen LogP contribution in [0.15, 0.2) is 49.1 Å². The lowest BCUT2D eigenvalue weighted by Gasteiger charge is -2.38. The second-order valence-electron chi connectivity index (χ2n) is 9.84. The Balaban J connectivity index is 1.39. The summed E-state index contributed by atoms with van der Waals surface area (Å²) in [7, 11) is 1.66. The van der Waals surface area contributed by atoms with Crippen LogP contribution in [0.25, 0.3) is 10.9 Å². The molecule has 0 radical (unpaired) electrons. The maximum atomic E-state index is 13.9. The second kappa shape index (κ2) is 10.1. The Kier molecular flexibility index (Phi) is 6.82. The van der Waals surface area contributed by atoms with E-state index in [-0.39, 0.29) is 30.1 Å². The maximum Gasteiger partial charge on any atom is 0.256 e. The van der Waals surface area contributed by atoms with Gasteiger partial charge < -0.3 is 19.1 Å². The zero-order valence-corrected chi connectivity index (χ0v) is 21.9. The fraction of sp³-hybridized carbons (Fsp3) is 0.345. The average molecular weight is 520 g/mol. The minimum atomic E-state index is -0.102. The summed E-state index contributed by atoms with van der Waals surface area (Å²) in [5.74, 6) is 0.908. The molecule has 0 unspecified atom stereocenters. The van der Waals surface area contributed by atoms with Crippen LogP contribution < -0.4 is 4.74 Å². The molecular weight excluding hydrogens is 490 g/mol. The van der Waals surface area contributed by atoms with Crippen molar-refractivity contribution in [1.29, 1.82) is 0 Å². The first kappa shape index (κ1) is 25.1. The molecule has 5 rings (SSSR count). The Morgan fingerprint density at radius 3 is 2.68 bits per heavy atom. The molecule has 2 amide bonds. The largest absolute Gasteiger partial charge is 0.496 e. The molecule has 37 heavy (non-hydrogen) atoms. The van der Waals surface area contributed by atoms with Gasteiger partial charge in [-0.05, 0) is 49.2 Å². The molecule has 1 aromatic heterocycles. The summed E-state index contributed by atoms with van der Waals surface area (Å²) < 4.78 is 7.43. The molecule has 0 saturated carbocycles. The van der Waals surface area contributed by atoms with Gasteiger partial charge in [-0.2, -0.15) is 0 Å². The van der Waals surface area contributed by atoms with Gasteiger partial charge in [0.25, 0.3) is 5.91 Å². The Morgan fingerprint density at radius 1 is 1.16 bits per heavy atom. The van der Waals surface area contributed by atoms with Crippen molar-refractivity contribution in [3.8, 4) is 5.75 Å². The Morgan fingerprint density at radius 2 is 1.95 bits per heavy atom. The number of ether oxygens (including phenoxy) is 1. The van der Waals surface area contributed by atoms with Crippen LogP contribution in [0.3, 0.4) is 0 Å². The van der Waals surface area contributed by atoms with Gasteiger partial charge in [0.2, 0.25) is 5.91 Å². The third kappa shape index (κ3) is 4.64. The quantitative estimate of drug-likeness (QED) is 0.433. The normalized spacial score (nSPS) is 15.3. The van der Waals surface area contributed by atoms with Crippen molar-refractivity contribution in [3.05, 3.63) is 76.5 Å². The lowest BCUT2D eigenvalue weighted by atomic mass is 9.94. The summed E-state index contributed by atoms with van der Waals surface area (Å²) in [6.45, 7) is 7.80. The molecular formula is C29H30ClN3O4. The number of carbonyl (C=O) groups is 3. The number of nitrogens with zero attached hydrogens (tertiary/aromatic N) is 3. The molecule has 0 bridgehead atoms. The number of benzene rings is 2. The molecule has 8 heteroatoms. The van der Waals surface area contributed by atoms with Crippen LogP contribution in [-0.4, -0.2) is 58.7 Å². The number of hydrogen-bond donors (Lipinski definition) is 0. The van der Waals surface area contributed by atoms with E-state index in [0.29, 0.717) is 43.2 Å². The van der Waals surface area contributed by atoms with E-state index in [1.807, 2.05) is 46.7 Å². The summed E-state index contributed by atoms with van der Waals surface area (Å²) in [5.41, 5.74) is 4.38. The number of carbonyl (C=O) groups excluding carboxylic acids is 3. The molecule has 1 saturated heterocycles. The number of Topliss-reactive ketones (excluding diaryl/α,β-unsaturated/α-hetero) is 1. The number of hydrogen-bond acceptors (Lipinski definition) is 4. The van der Waals surface area contributed by atoms with Crippen LogP contribution in [0.2, 0.25) is 5.02 Å². The van der Waals surface area contributed by atoms with Gasteiger partial charge in [-0.1, -0.05) is 30.3 Å². The fourth-order valence-electron chi connectivity index (χ4n) is 5.60. The standard InChI is InChI=1S/C29H30ClN3O4/c1-4-27(35)32-14-19(15-32)12-22(34)17-33-18(2)28(24-13-21(30)8-9-25(24)33)29(36)31-11-10-23-20(16-31)6-5-7-26(23)37-3/h4-9,13,19H,1,10-12,14-17H2,2-3H3. The third-order valence-electron chi connectivity index (χ3n) is 7.52. The van der Waals surface area contributed by atoms with Crippen molar-refractivity contribution in [3.63, 3.8) is 0 Å². The van der Waals surface area contributed by atoms with Gasteiger partial charge in [0.15, 0.2) is 5.78 Å². The van der Waals surface area contributed by atoms with Gasteiger partial charge in [-0.25, -0.2) is 0 Å². The number of rotatable bonds is 7. The molecule has 0 atom stereocenters. The molecule has 0 aliphatic carbocycles. The molecule has 7 nitrogen and oxygen atoms in total. The highest BCUT2D eigenvalue weighted by molar-refractivity contribution is 6.31. The first-order valence-electron chi connectivity index (χ1n) is 12.5. The molecule has 1 fully saturated rings. The number of likely N-dealkylation sites (tertiary alicyclic amines) is 1. The van der Waals surface area contributed by atoms with Gasteiger partial charge in [-0.15, -0.1) is 0 Å². The summed E-state index contributed by atoms with van der Waals surface area (Å²) in [4.78, 5) is 42.1. The van der Waals surface area contributed by atoms with Gasteiger partial charge >= 0.3 is 0 Å². The van der Waals surface area contributed by atoms with Crippen molar-refractivity contribution in [2.24, 2.45) is 5.92 Å². The highest BCUT2D eigenvalue weighted by Gasteiger charge is 2.32. The molecule has 2 aliphatic rings. The molecule has 192 valence electrons. The lowest BCUT2D eigenvalue weighted by Crippen LogP contribution is -2.50. The van der Waals surface area contributed by atoms with Crippen molar-refractivity contribution in [1.82, 2.24) is 14.4 Å². The SMILES string of the molecule is C=CC(=O)N1CC(CC(=O)Cn2c(C)c(C(=O)N3CCc4c(cccc4OC)C3)c3cc(Cl)ccc32)C1. The van der Waals surface area contributed by atoms with Crippen LogP contribution in [0.4, 0.5) is 0 Å². The summed E-state index contributed by atoms with van der Waals surface area (Å²) in [6.07, 6.45) is 2.41. The van der Waals surface area contributed by atoms with Crippen molar-refractivity contribution < 1.29 is 19.1 Å². The van der Waals surface area contributed by atoms with Gasteiger partial charge in [0.05, 0.1) is 19.2 Å². The van der Waals surface area contributed by atoms with Crippen LogP contribution in [0.5, 0.6) is 5.75 Å². The smallest absolute Gasteiger partial charge is 0.256 e. The van der Waals surface area contributed by atoms with E-state index < -0.39 is 0 Å². The van der Waals surface area contributed by atoms with E-state index in [1.54, 1.807) is 18.1 Å². The zero-order chi connectivity index (χ0) is 26.3. The Hall–Kier alpha value is -3.58. The minimum Gasteiger partial charge on any atom is -0.496 e. The summed E-state index contributed by atoms with van der Waals surface area (Å²) >= 11 is 6.34. The van der Waals surface area contributed by atoms with E-state index in [9.17, 15) is 14.4 Å². The predicted octanol–water partition coefficient (Wildman–Crippen LogP) is 4.41. The maximum absolute atomic E-state index is 13.9. The van der Waals surface area contributed by atoms with Crippen LogP contribution in [0.1, 0.15) is 33.6 Å². The zero-order valence-electron chi connectivity index (χ0n) is 21.1. The number of halogens is 1. The first-order valence-corrected chi connectivity index (χ1v) is 12.8. The van der Waals surface area contributed by atoms with Crippen molar-refractivity contribution in [2.75, 3.05) is 26.7 Å². The monoisotopic (exact) mass is 519 g/mol. The Bertz CT molecular complexity index is 1420. The van der Waals surface area contributed by atoms with Gasteiger partial charge in [-0.3, -0.25) is 14.4 Å². The van der Waals surface area contributed by atoms with Crippen LogP contribution >= 0.6 is 11.6 Å². The Labute approximate surface area is 221 Å². The van der Waals surface area contributed by atoms with E-state index >= 15 is 0 Å². The van der Waals surface area contributed by atoms with E-state index in [4.69, 9.17) is 16.3 Å². The van der Waals surface area contributed by atoms with E-state index in [0.717, 1.165) is 39.9 Å². The molecule has 0 spiro atoms. The summed E-state index contributed by atoms with van der Waals surface area (Å²) in [5, 5.41) is 1.30. The fourth-order valence-corrected chi connectivity index (χ4v) is 5.77. The van der Waals surface area contributed by atoms with E-state index in [2.05, 4.69) is 6.58 Å². The lowest BCUT2D eigenvalue weighted by molar-refractivity contribution is -0.134. The van der Waals surface area contributed by atoms with Crippen LogP contribution in [0, 0.1) is 12.8 Å². The summed E-state index contributed by atoms with van der Waals surface area (Å²) in [6, 6.07) is 11.4. The van der Waals surface area contributed by atoms with E-state index in [1.165, 1.54) is 6.08 Å². The molecule has 0 N–H and O–H groups in total. The number of aromatic nitrogens is 1. The van der Waals surface area contributed by atoms with Gasteiger partial charge in [0, 0.05) is 65.7 Å². The number of methoxy groups -OCH3 is 1. The average Bonchev–Trinajstić information content (AvgIpc) is 3.14. The third-order valence-corrected chi connectivity index (χ3v) is 7.76. The molecule has 3 heterocycles. The van der Waals surface area contributed by atoms with Crippen LogP contribution in [-0.2, 0) is 29.1 Å². The predicted molar refractivity (Wildman–Crippen MR) is 143 cm³/mol. The highest BCUT2D eigenvalue weighted by Crippen LogP contribution is 2.33. The molecule has 2 aliphatic heterocycles. The minimum absolute atomic E-state index is 0.0676. The van der Waals surface area contributed by atoms with Crippen molar-refractivity contribution in [2.45, 2.75) is 32.9 Å². The highest BCUT2D eigenvalue weighted by atomic mass is 35.5. The topological polar surface area (TPSA) is 71.9 Å². The molecule has 3 aromatic rings.